The van der Waals surface area contributed by atoms with Crippen LogP contribution in [0.3, 0.4) is 0 Å². The molecule has 4 aromatic heterocycles. The molecule has 0 atom stereocenters. The summed E-state index contributed by atoms with van der Waals surface area (Å²) in [4.78, 5) is 10.0. The Balaban J connectivity index is 1.58. The van der Waals surface area contributed by atoms with Gasteiger partial charge in [0.1, 0.15) is 11.3 Å². The van der Waals surface area contributed by atoms with Gasteiger partial charge in [-0.25, -0.2) is 9.97 Å². The van der Waals surface area contributed by atoms with E-state index in [9.17, 15) is 0 Å². The van der Waals surface area contributed by atoms with Gasteiger partial charge in [0.25, 0.3) is 0 Å². The molecule has 0 saturated carbocycles. The Morgan fingerprint density at radius 2 is 0.970 bits per heavy atom. The number of aryl methyl sites for hydroxylation is 2. The summed E-state index contributed by atoms with van der Waals surface area (Å²) >= 11 is 0. The Morgan fingerprint density at radius 1 is 0.545 bits per heavy atom. The SMILES string of the molecule is Cc1ccc(-c2nc3ccccn3c2Cc2c(-c3ccc(C)cc3)nc3ccccn23)cc1. The summed E-state index contributed by atoms with van der Waals surface area (Å²) in [5.74, 6) is 0. The number of hydrogen-bond acceptors (Lipinski definition) is 2. The Morgan fingerprint density at radius 3 is 1.39 bits per heavy atom. The molecule has 4 heterocycles. The molecule has 0 aliphatic heterocycles. The Kier molecular flexibility index (Phi) is 4.58. The minimum absolute atomic E-state index is 0.711. The third-order valence-corrected chi connectivity index (χ3v) is 6.24. The van der Waals surface area contributed by atoms with Gasteiger partial charge in [0, 0.05) is 29.9 Å². The summed E-state index contributed by atoms with van der Waals surface area (Å²) in [5.41, 5.74) is 11.0. The first kappa shape index (κ1) is 19.5. The van der Waals surface area contributed by atoms with Crippen molar-refractivity contribution in [3.8, 4) is 22.5 Å². The van der Waals surface area contributed by atoms with E-state index in [1.807, 2.05) is 12.1 Å². The van der Waals surface area contributed by atoms with Crippen LogP contribution in [0.2, 0.25) is 0 Å². The highest BCUT2D eigenvalue weighted by Gasteiger charge is 2.20. The van der Waals surface area contributed by atoms with Crippen LogP contribution in [-0.2, 0) is 6.42 Å². The van der Waals surface area contributed by atoms with Crippen molar-refractivity contribution in [1.82, 2.24) is 18.8 Å². The molecular formula is C29H24N4. The molecule has 0 saturated heterocycles. The summed E-state index contributed by atoms with van der Waals surface area (Å²) < 4.78 is 4.41. The minimum Gasteiger partial charge on any atom is -0.303 e. The molecule has 0 bridgehead atoms. The summed E-state index contributed by atoms with van der Waals surface area (Å²) in [7, 11) is 0. The number of fused-ring (bicyclic) bond motifs is 2. The summed E-state index contributed by atoms with van der Waals surface area (Å²) in [6.07, 6.45) is 4.91. The standard InChI is InChI=1S/C29H24N4/c1-20-9-13-22(14-10-20)28-24(32-17-5-3-7-26(32)30-28)19-25-29(23-15-11-21(2)12-16-23)31-27-8-4-6-18-33(25)27/h3-18H,19H2,1-2H3. The zero-order valence-corrected chi connectivity index (χ0v) is 18.7. The molecule has 4 nitrogen and oxygen atoms in total. The molecule has 6 rings (SSSR count). The third-order valence-electron chi connectivity index (χ3n) is 6.24. The van der Waals surface area contributed by atoms with Crippen molar-refractivity contribution >= 4 is 11.3 Å². The summed E-state index contributed by atoms with van der Waals surface area (Å²) in [6.45, 7) is 4.22. The van der Waals surface area contributed by atoms with Crippen molar-refractivity contribution in [3.63, 3.8) is 0 Å². The first-order valence-electron chi connectivity index (χ1n) is 11.2. The Labute approximate surface area is 192 Å². The smallest absolute Gasteiger partial charge is 0.137 e. The fourth-order valence-electron chi connectivity index (χ4n) is 4.47. The van der Waals surface area contributed by atoms with Gasteiger partial charge in [-0.05, 0) is 38.1 Å². The second kappa shape index (κ2) is 7.75. The highest BCUT2D eigenvalue weighted by atomic mass is 15.0. The lowest BCUT2D eigenvalue weighted by molar-refractivity contribution is 0.964. The average molecular weight is 429 g/mol. The van der Waals surface area contributed by atoms with Gasteiger partial charge in [-0.1, -0.05) is 71.8 Å². The van der Waals surface area contributed by atoms with E-state index < -0.39 is 0 Å². The third kappa shape index (κ3) is 3.40. The van der Waals surface area contributed by atoms with E-state index in [2.05, 4.69) is 108 Å². The maximum absolute atomic E-state index is 5.02. The van der Waals surface area contributed by atoms with E-state index in [4.69, 9.17) is 9.97 Å². The molecule has 0 N–H and O–H groups in total. The van der Waals surface area contributed by atoms with Crippen LogP contribution < -0.4 is 0 Å². The van der Waals surface area contributed by atoms with Crippen LogP contribution in [0.5, 0.6) is 0 Å². The van der Waals surface area contributed by atoms with Gasteiger partial charge in [0.2, 0.25) is 0 Å². The van der Waals surface area contributed by atoms with Crippen LogP contribution >= 0.6 is 0 Å². The van der Waals surface area contributed by atoms with Crippen LogP contribution in [-0.4, -0.2) is 18.8 Å². The Hall–Kier alpha value is -4.18. The van der Waals surface area contributed by atoms with Gasteiger partial charge < -0.3 is 8.80 Å². The fourth-order valence-corrected chi connectivity index (χ4v) is 4.47. The molecule has 4 heteroatoms. The van der Waals surface area contributed by atoms with Crippen LogP contribution in [0, 0.1) is 13.8 Å². The molecule has 0 radical (unpaired) electrons. The molecule has 0 amide bonds. The van der Waals surface area contributed by atoms with Gasteiger partial charge in [0.05, 0.1) is 22.8 Å². The van der Waals surface area contributed by atoms with Gasteiger partial charge >= 0.3 is 0 Å². The number of nitrogens with zero attached hydrogens (tertiary/aromatic N) is 4. The normalized spacial score (nSPS) is 11.5. The second-order valence-corrected chi connectivity index (χ2v) is 8.58. The molecule has 33 heavy (non-hydrogen) atoms. The molecule has 2 aromatic carbocycles. The van der Waals surface area contributed by atoms with Crippen molar-refractivity contribution < 1.29 is 0 Å². The Bertz CT molecular complexity index is 1460. The lowest BCUT2D eigenvalue weighted by atomic mass is 10.0. The van der Waals surface area contributed by atoms with Crippen molar-refractivity contribution in [2.75, 3.05) is 0 Å². The molecule has 0 aliphatic rings. The topological polar surface area (TPSA) is 34.6 Å². The van der Waals surface area contributed by atoms with E-state index in [-0.39, 0.29) is 0 Å². The lowest BCUT2D eigenvalue weighted by Gasteiger charge is -2.09. The van der Waals surface area contributed by atoms with E-state index in [0.717, 1.165) is 45.2 Å². The molecule has 0 unspecified atom stereocenters. The van der Waals surface area contributed by atoms with E-state index in [1.165, 1.54) is 11.1 Å². The van der Waals surface area contributed by atoms with Crippen LogP contribution in [0.25, 0.3) is 33.8 Å². The number of rotatable bonds is 4. The number of hydrogen-bond donors (Lipinski definition) is 0. The van der Waals surface area contributed by atoms with Crippen molar-refractivity contribution in [1.29, 1.82) is 0 Å². The molecule has 160 valence electrons. The quantitative estimate of drug-likeness (QED) is 0.320. The van der Waals surface area contributed by atoms with Gasteiger partial charge in [-0.3, -0.25) is 0 Å². The van der Waals surface area contributed by atoms with Gasteiger partial charge in [-0.15, -0.1) is 0 Å². The van der Waals surface area contributed by atoms with E-state index in [0.29, 0.717) is 6.42 Å². The van der Waals surface area contributed by atoms with Crippen molar-refractivity contribution in [2.24, 2.45) is 0 Å². The predicted octanol–water partition coefficient (Wildman–Crippen LogP) is 6.52. The first-order valence-corrected chi connectivity index (χ1v) is 11.2. The largest absolute Gasteiger partial charge is 0.303 e. The number of benzene rings is 2. The minimum atomic E-state index is 0.711. The predicted molar refractivity (Wildman–Crippen MR) is 134 cm³/mol. The number of pyridine rings is 2. The summed E-state index contributed by atoms with van der Waals surface area (Å²) in [6, 6.07) is 29.6. The maximum Gasteiger partial charge on any atom is 0.137 e. The fraction of sp³-hybridized carbons (Fsp3) is 0.103. The molecular weight excluding hydrogens is 404 g/mol. The highest BCUT2D eigenvalue weighted by molar-refractivity contribution is 5.71. The molecule has 0 aliphatic carbocycles. The van der Waals surface area contributed by atoms with Gasteiger partial charge in [0.15, 0.2) is 0 Å². The first-order chi connectivity index (χ1) is 16.2. The van der Waals surface area contributed by atoms with E-state index in [1.54, 1.807) is 0 Å². The highest BCUT2D eigenvalue weighted by Crippen LogP contribution is 2.31. The summed E-state index contributed by atoms with van der Waals surface area (Å²) in [5, 5.41) is 0. The van der Waals surface area contributed by atoms with Crippen LogP contribution in [0.1, 0.15) is 22.5 Å². The number of aromatic nitrogens is 4. The maximum atomic E-state index is 5.02. The monoisotopic (exact) mass is 428 g/mol. The lowest BCUT2D eigenvalue weighted by Crippen LogP contribution is -2.01. The van der Waals surface area contributed by atoms with Gasteiger partial charge in [-0.2, -0.15) is 0 Å². The van der Waals surface area contributed by atoms with Crippen LogP contribution in [0.4, 0.5) is 0 Å². The molecule has 6 aromatic rings. The second-order valence-electron chi connectivity index (χ2n) is 8.58. The van der Waals surface area contributed by atoms with E-state index >= 15 is 0 Å². The zero-order valence-electron chi connectivity index (χ0n) is 18.7. The number of imidazole rings is 2. The van der Waals surface area contributed by atoms with Crippen LogP contribution in [0.15, 0.2) is 97.3 Å². The van der Waals surface area contributed by atoms with Crippen molar-refractivity contribution in [3.05, 3.63) is 120 Å². The zero-order chi connectivity index (χ0) is 22.4. The average Bonchev–Trinajstić information content (AvgIpc) is 3.39. The molecule has 0 fully saturated rings. The van der Waals surface area contributed by atoms with Crippen molar-refractivity contribution in [2.45, 2.75) is 20.3 Å². The molecule has 0 spiro atoms.